The van der Waals surface area contributed by atoms with E-state index in [1.165, 1.54) is 18.1 Å². The molecule has 2 aromatic heterocycles. The summed E-state index contributed by atoms with van der Waals surface area (Å²) in [5.74, 6) is 1.99. The number of aromatic nitrogens is 5. The molecule has 0 spiro atoms. The molecule has 1 aliphatic rings. The number of carbonyl (C=O) groups is 1. The first-order valence-electron chi connectivity index (χ1n) is 6.78. The first-order chi connectivity index (χ1) is 10.2. The summed E-state index contributed by atoms with van der Waals surface area (Å²) in [7, 11) is 0. The molecule has 1 atom stereocenters. The molecule has 1 N–H and O–H groups in total. The van der Waals surface area contributed by atoms with Crippen LogP contribution in [0.3, 0.4) is 0 Å². The Kier molecular flexibility index (Phi) is 4.18. The number of likely N-dealkylation sites (tertiary alicyclic amines) is 1. The number of hydrogen-bond acceptors (Lipinski definition) is 7. The van der Waals surface area contributed by atoms with Gasteiger partial charge in [-0.3, -0.25) is 9.89 Å². The van der Waals surface area contributed by atoms with Crippen LogP contribution in [0.4, 0.5) is 0 Å². The number of carbonyl (C=O) groups excluding carboxylic acids is 1. The number of aromatic amines is 1. The summed E-state index contributed by atoms with van der Waals surface area (Å²) in [6.07, 6.45) is 3.50. The van der Waals surface area contributed by atoms with Crippen LogP contribution in [0.1, 0.15) is 30.5 Å². The average molecular weight is 308 g/mol. The molecule has 1 aliphatic heterocycles. The third-order valence-electron chi connectivity index (χ3n) is 3.42. The summed E-state index contributed by atoms with van der Waals surface area (Å²) in [4.78, 5) is 18.3. The standard InChI is InChI=1S/C12H16N6O2S/c1-8-15-17-12(20-8)21-6-10(19)18-4-2-3-9(5-18)11-13-7-14-16-11/h7,9H,2-6H2,1H3,(H,13,14,16)/t9-/m0/s1. The number of nitrogens with zero attached hydrogens (tertiary/aromatic N) is 5. The van der Waals surface area contributed by atoms with Gasteiger partial charge in [-0.15, -0.1) is 10.2 Å². The summed E-state index contributed by atoms with van der Waals surface area (Å²) in [6, 6.07) is 0. The summed E-state index contributed by atoms with van der Waals surface area (Å²) in [5, 5.41) is 14.8. The largest absolute Gasteiger partial charge is 0.416 e. The van der Waals surface area contributed by atoms with Crippen molar-refractivity contribution in [2.24, 2.45) is 0 Å². The smallest absolute Gasteiger partial charge is 0.277 e. The van der Waals surface area contributed by atoms with Gasteiger partial charge in [0.2, 0.25) is 11.8 Å². The van der Waals surface area contributed by atoms with Gasteiger partial charge in [0.1, 0.15) is 12.2 Å². The van der Waals surface area contributed by atoms with Gasteiger partial charge in [0.05, 0.1) is 5.75 Å². The lowest BCUT2D eigenvalue weighted by Gasteiger charge is -2.31. The molecule has 8 nitrogen and oxygen atoms in total. The van der Waals surface area contributed by atoms with Crippen molar-refractivity contribution in [1.29, 1.82) is 0 Å². The van der Waals surface area contributed by atoms with Crippen molar-refractivity contribution in [1.82, 2.24) is 30.3 Å². The molecule has 0 radical (unpaired) electrons. The number of aryl methyl sites for hydroxylation is 1. The van der Waals surface area contributed by atoms with E-state index in [0.29, 0.717) is 23.4 Å². The minimum absolute atomic E-state index is 0.0834. The molecule has 2 aromatic rings. The van der Waals surface area contributed by atoms with Gasteiger partial charge in [-0.1, -0.05) is 11.8 Å². The molecule has 0 bridgehead atoms. The van der Waals surface area contributed by atoms with Gasteiger partial charge in [0, 0.05) is 25.9 Å². The Morgan fingerprint density at radius 1 is 1.57 bits per heavy atom. The number of rotatable bonds is 4. The van der Waals surface area contributed by atoms with Gasteiger partial charge in [0.15, 0.2) is 0 Å². The molecule has 0 saturated carbocycles. The molecule has 1 saturated heterocycles. The normalized spacial score (nSPS) is 18.9. The lowest BCUT2D eigenvalue weighted by Crippen LogP contribution is -2.40. The molecule has 3 heterocycles. The zero-order valence-corrected chi connectivity index (χ0v) is 12.5. The third kappa shape index (κ3) is 3.41. The van der Waals surface area contributed by atoms with E-state index in [4.69, 9.17) is 4.42 Å². The molecule has 112 valence electrons. The molecule has 9 heteroatoms. The fraction of sp³-hybridized carbons (Fsp3) is 0.583. The third-order valence-corrected chi connectivity index (χ3v) is 4.22. The molecule has 3 rings (SSSR count). The Morgan fingerprint density at radius 3 is 3.19 bits per heavy atom. The molecule has 1 fully saturated rings. The Labute approximate surface area is 125 Å². The number of H-pyrrole nitrogens is 1. The van der Waals surface area contributed by atoms with Crippen molar-refractivity contribution in [2.45, 2.75) is 30.9 Å². The first kappa shape index (κ1) is 14.1. The molecular formula is C12H16N6O2S. The van der Waals surface area contributed by atoms with Crippen LogP contribution in [0.15, 0.2) is 16.0 Å². The van der Waals surface area contributed by atoms with Crippen molar-refractivity contribution in [3.8, 4) is 0 Å². The summed E-state index contributed by atoms with van der Waals surface area (Å²) in [6.45, 7) is 3.19. The van der Waals surface area contributed by atoms with Crippen molar-refractivity contribution in [2.75, 3.05) is 18.8 Å². The van der Waals surface area contributed by atoms with Gasteiger partial charge in [0.25, 0.3) is 5.22 Å². The minimum atomic E-state index is 0.0834. The van der Waals surface area contributed by atoms with E-state index in [-0.39, 0.29) is 11.8 Å². The Hall–Kier alpha value is -1.90. The second kappa shape index (κ2) is 6.25. The molecule has 0 unspecified atom stereocenters. The molecule has 0 aromatic carbocycles. The highest BCUT2D eigenvalue weighted by Crippen LogP contribution is 2.25. The lowest BCUT2D eigenvalue weighted by molar-refractivity contribution is -0.129. The van der Waals surface area contributed by atoms with Gasteiger partial charge >= 0.3 is 0 Å². The van der Waals surface area contributed by atoms with Gasteiger partial charge < -0.3 is 9.32 Å². The first-order valence-corrected chi connectivity index (χ1v) is 7.77. The van der Waals surface area contributed by atoms with E-state index >= 15 is 0 Å². The van der Waals surface area contributed by atoms with Crippen molar-refractivity contribution < 1.29 is 9.21 Å². The lowest BCUT2D eigenvalue weighted by atomic mass is 9.97. The van der Waals surface area contributed by atoms with Crippen molar-refractivity contribution in [3.05, 3.63) is 18.0 Å². The Balaban J connectivity index is 1.54. The van der Waals surface area contributed by atoms with Gasteiger partial charge in [-0.05, 0) is 12.8 Å². The number of nitrogens with one attached hydrogen (secondary N) is 1. The minimum Gasteiger partial charge on any atom is -0.416 e. The number of piperidine rings is 1. The summed E-state index contributed by atoms with van der Waals surface area (Å²) >= 11 is 1.27. The van der Waals surface area contributed by atoms with E-state index in [2.05, 4.69) is 25.4 Å². The summed E-state index contributed by atoms with van der Waals surface area (Å²) < 4.78 is 5.25. The van der Waals surface area contributed by atoms with E-state index < -0.39 is 0 Å². The zero-order valence-electron chi connectivity index (χ0n) is 11.7. The van der Waals surface area contributed by atoms with Crippen LogP contribution in [0, 0.1) is 6.92 Å². The van der Waals surface area contributed by atoms with Crippen molar-refractivity contribution >= 4 is 17.7 Å². The van der Waals surface area contributed by atoms with E-state index in [1.54, 1.807) is 6.92 Å². The molecular weight excluding hydrogens is 292 g/mol. The Bertz CT molecular complexity index is 599. The number of hydrogen-bond donors (Lipinski definition) is 1. The second-order valence-electron chi connectivity index (χ2n) is 4.93. The monoisotopic (exact) mass is 308 g/mol. The molecule has 21 heavy (non-hydrogen) atoms. The fourth-order valence-corrected chi connectivity index (χ4v) is 3.10. The van der Waals surface area contributed by atoms with Crippen LogP contribution in [-0.2, 0) is 4.79 Å². The van der Waals surface area contributed by atoms with Crippen LogP contribution in [0.25, 0.3) is 0 Å². The maximum absolute atomic E-state index is 12.3. The van der Waals surface area contributed by atoms with Gasteiger partial charge in [-0.2, -0.15) is 5.10 Å². The van der Waals surface area contributed by atoms with Crippen molar-refractivity contribution in [3.63, 3.8) is 0 Å². The highest BCUT2D eigenvalue weighted by Gasteiger charge is 2.26. The second-order valence-corrected chi connectivity index (χ2v) is 5.85. The SMILES string of the molecule is Cc1nnc(SCC(=O)N2CCC[C@H](c3ncn[nH]3)C2)o1. The maximum atomic E-state index is 12.3. The van der Waals surface area contributed by atoms with Crippen LogP contribution < -0.4 is 0 Å². The van der Waals surface area contributed by atoms with E-state index in [1.807, 2.05) is 4.90 Å². The zero-order chi connectivity index (χ0) is 14.7. The topological polar surface area (TPSA) is 101 Å². The van der Waals surface area contributed by atoms with E-state index in [0.717, 1.165) is 25.2 Å². The van der Waals surface area contributed by atoms with E-state index in [9.17, 15) is 4.79 Å². The predicted octanol–water partition coefficient (Wildman–Crippen LogP) is 0.994. The molecule has 1 amide bonds. The van der Waals surface area contributed by atoms with Gasteiger partial charge in [-0.25, -0.2) is 4.98 Å². The highest BCUT2D eigenvalue weighted by molar-refractivity contribution is 7.99. The van der Waals surface area contributed by atoms with Crippen LogP contribution in [-0.4, -0.2) is 55.0 Å². The average Bonchev–Trinajstić information content (AvgIpc) is 3.16. The fourth-order valence-electron chi connectivity index (χ4n) is 2.39. The number of thioether (sulfide) groups is 1. The maximum Gasteiger partial charge on any atom is 0.277 e. The highest BCUT2D eigenvalue weighted by atomic mass is 32.2. The van der Waals surface area contributed by atoms with Crippen LogP contribution >= 0.6 is 11.8 Å². The molecule has 0 aliphatic carbocycles. The number of amides is 1. The quantitative estimate of drug-likeness (QED) is 0.841. The Morgan fingerprint density at radius 2 is 2.48 bits per heavy atom. The predicted molar refractivity (Wildman–Crippen MR) is 74.7 cm³/mol. The van der Waals surface area contributed by atoms with Crippen LogP contribution in [0.2, 0.25) is 0 Å². The summed E-state index contributed by atoms with van der Waals surface area (Å²) in [5.41, 5.74) is 0. The van der Waals surface area contributed by atoms with Crippen LogP contribution in [0.5, 0.6) is 0 Å².